The van der Waals surface area contributed by atoms with Crippen LogP contribution in [0, 0.1) is 25.2 Å². The maximum Gasteiger partial charge on any atom is 0.100 e. The van der Waals surface area contributed by atoms with Crippen molar-refractivity contribution < 1.29 is 0 Å². The Labute approximate surface area is 601 Å². The first kappa shape index (κ1) is 60.1. The molecule has 20 aromatic rings. The van der Waals surface area contributed by atoms with Gasteiger partial charge in [0, 0.05) is 93.7 Å². The molecule has 0 saturated heterocycles. The Balaban J connectivity index is 0.923. The molecule has 15 aromatic carbocycles. The Morgan fingerprint density at radius 1 is 0.240 bits per heavy atom. The summed E-state index contributed by atoms with van der Waals surface area (Å²) < 4.78 is 9.54. The second-order valence-electron chi connectivity index (χ2n) is 27.4. The van der Waals surface area contributed by atoms with Gasteiger partial charge in [-0.25, -0.2) is 4.98 Å². The lowest BCUT2D eigenvalue weighted by Crippen LogP contribution is -2.05. The molecule has 0 atom stereocenters. The first-order valence-electron chi connectivity index (χ1n) is 35.6. The van der Waals surface area contributed by atoms with Crippen LogP contribution in [0.4, 0.5) is 0 Å². The zero-order chi connectivity index (χ0) is 69.1. The minimum atomic E-state index is 0.528. The minimum Gasteiger partial charge on any atom is -0.309 e. The number of pyridine rings is 1. The predicted octanol–water partition coefficient (Wildman–Crippen LogP) is 25.6. The summed E-state index contributed by atoms with van der Waals surface area (Å²) >= 11 is 0. The van der Waals surface area contributed by atoms with Gasteiger partial charge in [-0.2, -0.15) is 5.26 Å². The molecule has 0 radical (unpaired) electrons. The van der Waals surface area contributed by atoms with Gasteiger partial charge in [-0.05, 0) is 174 Å². The Hall–Kier alpha value is -13.9. The van der Waals surface area contributed by atoms with Crippen molar-refractivity contribution in [1.82, 2.24) is 23.3 Å². The van der Waals surface area contributed by atoms with Gasteiger partial charge in [0.1, 0.15) is 6.07 Å². The van der Waals surface area contributed by atoms with Crippen molar-refractivity contribution in [2.45, 2.75) is 13.8 Å². The fraction of sp³-hybridized carbons (Fsp3) is 0.0204. The number of nitriles is 1. The molecule has 5 aromatic heterocycles. The molecular formula is C98H64N6. The molecule has 0 aliphatic heterocycles. The maximum atomic E-state index is 13.0. The summed E-state index contributed by atoms with van der Waals surface area (Å²) in [5.41, 5.74) is 28.6. The summed E-state index contributed by atoms with van der Waals surface area (Å²) in [6.07, 6.45) is 0. The van der Waals surface area contributed by atoms with Crippen LogP contribution in [0.15, 0.2) is 352 Å². The van der Waals surface area contributed by atoms with E-state index in [-0.39, 0.29) is 0 Å². The first-order chi connectivity index (χ1) is 51.4. The maximum absolute atomic E-state index is 13.0. The van der Waals surface area contributed by atoms with Gasteiger partial charge in [0.2, 0.25) is 0 Å². The highest BCUT2D eigenvalue weighted by atomic mass is 15.0. The van der Waals surface area contributed by atoms with E-state index < -0.39 is 0 Å². The molecule has 6 heteroatoms. The molecule has 20 rings (SSSR count). The van der Waals surface area contributed by atoms with Crippen molar-refractivity contribution in [3.8, 4) is 107 Å². The summed E-state index contributed by atoms with van der Waals surface area (Å²) in [5, 5.41) is 22.6. The monoisotopic (exact) mass is 1320 g/mol. The Bertz CT molecular complexity index is 6780. The van der Waals surface area contributed by atoms with Gasteiger partial charge in [0.25, 0.3) is 0 Å². The summed E-state index contributed by atoms with van der Waals surface area (Å²) in [5.74, 6) is 0. The predicted molar refractivity (Wildman–Crippen MR) is 434 cm³/mol. The third kappa shape index (κ3) is 9.52. The summed E-state index contributed by atoms with van der Waals surface area (Å²) in [4.78, 5) is 5.74. The molecule has 0 saturated carbocycles. The largest absolute Gasteiger partial charge is 0.309 e. The van der Waals surface area contributed by atoms with E-state index in [9.17, 15) is 5.26 Å². The number of benzene rings is 15. The standard InChI is InChI=1S/C98H64N6/c1-62-37-57-91-81(59-62)78-29-13-19-35-89(78)103(91)72-47-39-65(40-48-72)93-83(61-99)97(80-55-56-84(64-21-5-3-6-22-64)100-98(80)69-23-7-4-8-24-69)96(68-45-53-73(54-46-68)104-90-36-20-14-30-79(90)82-60-63(2)38-58-92(82)104)95(67-43-51-71(52-44-67)102-87-33-17-11-27-76(87)77-28-12-18-34-88(77)102)94(93)66-41-49-70(50-42-66)101-85-31-15-9-25-74(85)75-26-10-16-32-86(75)101/h3-60H,1-2H3. The highest BCUT2D eigenvalue weighted by Crippen LogP contribution is 2.55. The van der Waals surface area contributed by atoms with Gasteiger partial charge in [0.15, 0.2) is 0 Å². The van der Waals surface area contributed by atoms with E-state index in [1.807, 2.05) is 6.07 Å². The zero-order valence-electron chi connectivity index (χ0n) is 57.2. The fourth-order valence-electron chi connectivity index (χ4n) is 16.8. The molecule has 486 valence electrons. The van der Waals surface area contributed by atoms with E-state index in [1.54, 1.807) is 0 Å². The Morgan fingerprint density at radius 3 is 0.885 bits per heavy atom. The molecule has 0 unspecified atom stereocenters. The molecule has 0 aliphatic rings. The molecular weight excluding hydrogens is 1260 g/mol. The molecule has 0 fully saturated rings. The smallest absolute Gasteiger partial charge is 0.100 e. The molecule has 0 spiro atoms. The molecule has 0 aliphatic carbocycles. The van der Waals surface area contributed by atoms with Crippen molar-refractivity contribution in [3.05, 3.63) is 369 Å². The number of hydrogen-bond acceptors (Lipinski definition) is 2. The van der Waals surface area contributed by atoms with Crippen LogP contribution < -0.4 is 0 Å². The van der Waals surface area contributed by atoms with E-state index in [4.69, 9.17) is 4.98 Å². The van der Waals surface area contributed by atoms with Gasteiger partial charge in [-0.15, -0.1) is 0 Å². The lowest BCUT2D eigenvalue weighted by molar-refractivity contribution is 1.18. The van der Waals surface area contributed by atoms with E-state index in [2.05, 4.69) is 384 Å². The molecule has 0 N–H and O–H groups in total. The average molecular weight is 1330 g/mol. The van der Waals surface area contributed by atoms with Gasteiger partial charge < -0.3 is 18.3 Å². The normalized spacial score (nSPS) is 11.7. The number of aryl methyl sites for hydroxylation is 2. The van der Waals surface area contributed by atoms with Crippen LogP contribution in [0.1, 0.15) is 16.7 Å². The van der Waals surface area contributed by atoms with Crippen molar-refractivity contribution in [2.24, 2.45) is 0 Å². The van der Waals surface area contributed by atoms with Crippen molar-refractivity contribution in [1.29, 1.82) is 5.26 Å². The van der Waals surface area contributed by atoms with Gasteiger partial charge in [-0.1, -0.05) is 242 Å². The second-order valence-corrected chi connectivity index (χ2v) is 27.4. The van der Waals surface area contributed by atoms with E-state index in [0.717, 1.165) is 145 Å². The van der Waals surface area contributed by atoms with Crippen LogP contribution in [0.25, 0.3) is 188 Å². The van der Waals surface area contributed by atoms with Crippen LogP contribution in [-0.4, -0.2) is 23.3 Å². The number of nitrogens with zero attached hydrogens (tertiary/aromatic N) is 6. The summed E-state index contributed by atoms with van der Waals surface area (Å²) in [6.45, 7) is 4.33. The highest BCUT2D eigenvalue weighted by Gasteiger charge is 2.32. The van der Waals surface area contributed by atoms with Crippen LogP contribution in [-0.2, 0) is 0 Å². The van der Waals surface area contributed by atoms with Crippen LogP contribution in [0.3, 0.4) is 0 Å². The third-order valence-corrected chi connectivity index (χ3v) is 21.4. The van der Waals surface area contributed by atoms with Crippen molar-refractivity contribution in [2.75, 3.05) is 0 Å². The molecule has 6 nitrogen and oxygen atoms in total. The second kappa shape index (κ2) is 24.2. The number of fused-ring (bicyclic) bond motifs is 12. The third-order valence-electron chi connectivity index (χ3n) is 21.4. The lowest BCUT2D eigenvalue weighted by Gasteiger charge is -2.27. The summed E-state index contributed by atoms with van der Waals surface area (Å²) in [7, 11) is 0. The van der Waals surface area contributed by atoms with Crippen LogP contribution in [0.5, 0.6) is 0 Å². The number of para-hydroxylation sites is 6. The van der Waals surface area contributed by atoms with E-state index >= 15 is 0 Å². The Kier molecular flexibility index (Phi) is 14.0. The van der Waals surface area contributed by atoms with Crippen LogP contribution >= 0.6 is 0 Å². The molecule has 0 bridgehead atoms. The topological polar surface area (TPSA) is 56.4 Å². The quantitative estimate of drug-likeness (QED) is 0.130. The highest BCUT2D eigenvalue weighted by molar-refractivity contribution is 6.15. The van der Waals surface area contributed by atoms with Gasteiger partial charge in [-0.3, -0.25) is 0 Å². The number of hydrogen-bond donors (Lipinski definition) is 0. The van der Waals surface area contributed by atoms with Crippen molar-refractivity contribution >= 4 is 87.2 Å². The number of aromatic nitrogens is 5. The van der Waals surface area contributed by atoms with Gasteiger partial charge >= 0.3 is 0 Å². The zero-order valence-corrected chi connectivity index (χ0v) is 57.2. The fourth-order valence-corrected chi connectivity index (χ4v) is 16.8. The molecule has 0 amide bonds. The minimum absolute atomic E-state index is 0.528. The molecule has 5 heterocycles. The summed E-state index contributed by atoms with van der Waals surface area (Å²) in [6, 6.07) is 130. The number of rotatable bonds is 11. The first-order valence-corrected chi connectivity index (χ1v) is 35.6. The molecule has 104 heavy (non-hydrogen) atoms. The van der Waals surface area contributed by atoms with E-state index in [1.165, 1.54) is 54.2 Å². The Morgan fingerprint density at radius 2 is 0.529 bits per heavy atom. The SMILES string of the molecule is Cc1ccc2c(c1)c1ccccc1n2-c1ccc(-c2c(C#N)c(-c3ccc(-c4ccccc4)nc3-c3ccccc3)c(-c3ccc(-n4c5ccccc5c5cc(C)ccc54)cc3)c(-c3ccc(-n4c5ccccc5c5ccccc54)cc3)c2-c2ccc(-n3c4ccccc4c4ccccc43)cc2)cc1. The lowest BCUT2D eigenvalue weighted by atomic mass is 9.75. The van der Waals surface area contributed by atoms with Crippen molar-refractivity contribution in [3.63, 3.8) is 0 Å². The van der Waals surface area contributed by atoms with Gasteiger partial charge in [0.05, 0.1) is 61.1 Å². The average Bonchev–Trinajstić information content (AvgIpc) is 1.20. The van der Waals surface area contributed by atoms with E-state index in [0.29, 0.717) is 5.56 Å². The van der Waals surface area contributed by atoms with Crippen LogP contribution in [0.2, 0.25) is 0 Å².